The summed E-state index contributed by atoms with van der Waals surface area (Å²) in [6.07, 6.45) is -0.459. The van der Waals surface area contributed by atoms with Gasteiger partial charge in [0.15, 0.2) is 0 Å². The minimum Gasteiger partial charge on any atom is -0.468 e. The quantitative estimate of drug-likeness (QED) is 0.631. The minimum absolute atomic E-state index is 0. The molecule has 0 aromatic heterocycles. The van der Waals surface area contributed by atoms with E-state index in [4.69, 9.17) is 0 Å². The first-order valence-electron chi connectivity index (χ1n) is 3.24. The van der Waals surface area contributed by atoms with Gasteiger partial charge in [-0.25, -0.2) is 8.78 Å². The summed E-state index contributed by atoms with van der Waals surface area (Å²) >= 11 is 0. The van der Waals surface area contributed by atoms with Crippen molar-refractivity contribution in [2.24, 2.45) is 0 Å². The molecule has 1 fully saturated rings. The molecule has 0 aromatic carbocycles. The zero-order chi connectivity index (χ0) is 8.48. The van der Waals surface area contributed by atoms with E-state index in [1.165, 1.54) is 7.11 Å². The van der Waals surface area contributed by atoms with Crippen molar-refractivity contribution in [2.45, 2.75) is 18.4 Å². The Balaban J connectivity index is 0.00000121. The average Bonchev–Trinajstić information content (AvgIpc) is 2.29. The van der Waals surface area contributed by atoms with Crippen LogP contribution >= 0.6 is 12.4 Å². The molecule has 1 N–H and O–H groups in total. The Labute approximate surface area is 74.9 Å². The number of ether oxygens (including phenoxy) is 1. The van der Waals surface area contributed by atoms with Gasteiger partial charge in [-0.05, 0) is 0 Å². The monoisotopic (exact) mass is 201 g/mol. The third-order valence-corrected chi connectivity index (χ3v) is 1.60. The molecule has 12 heavy (non-hydrogen) atoms. The van der Waals surface area contributed by atoms with E-state index in [2.05, 4.69) is 10.1 Å². The number of halogens is 3. The van der Waals surface area contributed by atoms with Crippen molar-refractivity contribution in [2.75, 3.05) is 13.7 Å². The largest absolute Gasteiger partial charge is 0.468 e. The van der Waals surface area contributed by atoms with Gasteiger partial charge in [0.2, 0.25) is 0 Å². The maximum Gasteiger partial charge on any atom is 0.323 e. The van der Waals surface area contributed by atoms with Crippen molar-refractivity contribution in [1.29, 1.82) is 0 Å². The first-order valence-corrected chi connectivity index (χ1v) is 3.24. The van der Waals surface area contributed by atoms with Gasteiger partial charge >= 0.3 is 5.97 Å². The summed E-state index contributed by atoms with van der Waals surface area (Å²) in [7, 11) is 1.18. The number of carbonyl (C=O) groups excluding carboxylic acids is 1. The van der Waals surface area contributed by atoms with E-state index in [1.54, 1.807) is 0 Å². The van der Waals surface area contributed by atoms with Crippen LogP contribution in [-0.2, 0) is 9.53 Å². The molecule has 72 valence electrons. The summed E-state index contributed by atoms with van der Waals surface area (Å²) in [6.45, 7) is -0.438. The molecule has 0 saturated carbocycles. The molecule has 0 amide bonds. The molecule has 0 spiro atoms. The summed E-state index contributed by atoms with van der Waals surface area (Å²) in [4.78, 5) is 10.7. The highest BCUT2D eigenvalue weighted by molar-refractivity contribution is 5.85. The zero-order valence-electron chi connectivity index (χ0n) is 6.47. The molecular weight excluding hydrogens is 192 g/mol. The number of esters is 1. The van der Waals surface area contributed by atoms with Crippen LogP contribution in [-0.4, -0.2) is 31.6 Å². The molecule has 1 aliphatic rings. The van der Waals surface area contributed by atoms with Gasteiger partial charge in [0.1, 0.15) is 6.04 Å². The summed E-state index contributed by atoms with van der Waals surface area (Å²) in [5.74, 6) is -3.39. The van der Waals surface area contributed by atoms with Crippen LogP contribution < -0.4 is 5.32 Å². The molecule has 1 aliphatic heterocycles. The molecule has 3 nitrogen and oxygen atoms in total. The standard InChI is InChI=1S/C6H9F2NO2.ClH/c1-11-5(10)4-2-6(7,8)3-9-4;/h4,9H,2-3H2,1H3;1H/t4-;/m1./s1. The SMILES string of the molecule is COC(=O)[C@H]1CC(F)(F)CN1.Cl. The molecule has 0 aromatic rings. The summed E-state index contributed by atoms with van der Waals surface area (Å²) < 4.78 is 29.1. The van der Waals surface area contributed by atoms with Crippen LogP contribution in [0.1, 0.15) is 6.42 Å². The first kappa shape index (κ1) is 11.6. The molecule has 0 aliphatic carbocycles. The summed E-state index contributed by atoms with van der Waals surface area (Å²) in [5.41, 5.74) is 0. The topological polar surface area (TPSA) is 38.3 Å². The molecule has 0 radical (unpaired) electrons. The Morgan fingerprint density at radius 2 is 2.25 bits per heavy atom. The van der Waals surface area contributed by atoms with Crippen molar-refractivity contribution in [1.82, 2.24) is 5.32 Å². The Hall–Kier alpha value is -0.420. The number of hydrogen-bond acceptors (Lipinski definition) is 3. The van der Waals surface area contributed by atoms with E-state index in [0.717, 1.165) is 0 Å². The molecule has 0 unspecified atom stereocenters. The predicted octanol–water partition coefficient (Wildman–Crippen LogP) is 0.578. The lowest BCUT2D eigenvalue weighted by Crippen LogP contribution is -2.31. The third-order valence-electron chi connectivity index (χ3n) is 1.60. The van der Waals surface area contributed by atoms with Gasteiger partial charge in [-0.15, -0.1) is 12.4 Å². The van der Waals surface area contributed by atoms with Gasteiger partial charge in [0.25, 0.3) is 5.92 Å². The number of nitrogens with one attached hydrogen (secondary N) is 1. The predicted molar refractivity (Wildman–Crippen MR) is 40.6 cm³/mol. The number of hydrogen-bond donors (Lipinski definition) is 1. The van der Waals surface area contributed by atoms with Crippen LogP contribution in [0.15, 0.2) is 0 Å². The number of rotatable bonds is 1. The Kier molecular flexibility index (Phi) is 3.86. The zero-order valence-corrected chi connectivity index (χ0v) is 7.29. The molecule has 1 saturated heterocycles. The second-order valence-electron chi connectivity index (χ2n) is 2.52. The molecule has 1 atom stereocenters. The molecule has 1 heterocycles. The van der Waals surface area contributed by atoms with Gasteiger partial charge in [-0.2, -0.15) is 0 Å². The molecule has 6 heteroatoms. The van der Waals surface area contributed by atoms with E-state index in [0.29, 0.717) is 0 Å². The lowest BCUT2D eigenvalue weighted by molar-refractivity contribution is -0.143. The molecule has 1 rings (SSSR count). The average molecular weight is 202 g/mol. The lowest BCUT2D eigenvalue weighted by Gasteiger charge is -2.06. The molecule has 0 bridgehead atoms. The summed E-state index contributed by atoms with van der Waals surface area (Å²) in [5, 5.41) is 2.37. The fourth-order valence-electron chi connectivity index (χ4n) is 1.02. The maximum absolute atomic E-state index is 12.4. The highest BCUT2D eigenvalue weighted by atomic mass is 35.5. The third kappa shape index (κ3) is 2.57. The van der Waals surface area contributed by atoms with Crippen LogP contribution in [0.4, 0.5) is 8.78 Å². The van der Waals surface area contributed by atoms with Crippen molar-refractivity contribution in [3.63, 3.8) is 0 Å². The second-order valence-corrected chi connectivity index (χ2v) is 2.52. The van der Waals surface area contributed by atoms with E-state index in [-0.39, 0.29) is 12.4 Å². The van der Waals surface area contributed by atoms with Crippen molar-refractivity contribution in [3.8, 4) is 0 Å². The van der Waals surface area contributed by atoms with Crippen LogP contribution in [0, 0.1) is 0 Å². The van der Waals surface area contributed by atoms with Crippen LogP contribution in [0.3, 0.4) is 0 Å². The minimum atomic E-state index is -2.77. The van der Waals surface area contributed by atoms with Crippen LogP contribution in [0.5, 0.6) is 0 Å². The normalized spacial score (nSPS) is 26.1. The van der Waals surface area contributed by atoms with Crippen molar-refractivity contribution >= 4 is 18.4 Å². The highest BCUT2D eigenvalue weighted by Crippen LogP contribution is 2.25. The maximum atomic E-state index is 12.4. The Bertz CT molecular complexity index is 177. The van der Waals surface area contributed by atoms with Crippen LogP contribution in [0.25, 0.3) is 0 Å². The Morgan fingerprint density at radius 1 is 1.67 bits per heavy atom. The fourth-order valence-corrected chi connectivity index (χ4v) is 1.02. The van der Waals surface area contributed by atoms with E-state index in [9.17, 15) is 13.6 Å². The van der Waals surface area contributed by atoms with Gasteiger partial charge in [0, 0.05) is 6.42 Å². The van der Waals surface area contributed by atoms with E-state index < -0.39 is 30.9 Å². The highest BCUT2D eigenvalue weighted by Gasteiger charge is 2.42. The first-order chi connectivity index (χ1) is 5.05. The van der Waals surface area contributed by atoms with Gasteiger partial charge in [0.05, 0.1) is 13.7 Å². The Morgan fingerprint density at radius 3 is 2.58 bits per heavy atom. The number of carbonyl (C=O) groups is 1. The summed E-state index contributed by atoms with van der Waals surface area (Å²) in [6, 6.07) is -0.838. The van der Waals surface area contributed by atoms with Crippen molar-refractivity contribution < 1.29 is 18.3 Å². The van der Waals surface area contributed by atoms with E-state index in [1.807, 2.05) is 0 Å². The van der Waals surface area contributed by atoms with Crippen LogP contribution in [0.2, 0.25) is 0 Å². The smallest absolute Gasteiger partial charge is 0.323 e. The van der Waals surface area contributed by atoms with E-state index >= 15 is 0 Å². The molecular formula is C6H10ClF2NO2. The van der Waals surface area contributed by atoms with Gasteiger partial charge in [-0.3, -0.25) is 10.1 Å². The van der Waals surface area contributed by atoms with Gasteiger partial charge < -0.3 is 4.74 Å². The number of methoxy groups -OCH3 is 1. The fraction of sp³-hybridized carbons (Fsp3) is 0.833. The second kappa shape index (κ2) is 4.00. The van der Waals surface area contributed by atoms with Crippen molar-refractivity contribution in [3.05, 3.63) is 0 Å². The lowest BCUT2D eigenvalue weighted by atomic mass is 10.2. The number of alkyl halides is 2. The van der Waals surface area contributed by atoms with Gasteiger partial charge in [-0.1, -0.05) is 0 Å².